The third kappa shape index (κ3) is 5.34. The molecule has 3 aromatic rings. The molecule has 0 saturated heterocycles. The Labute approximate surface area is 204 Å². The van der Waals surface area contributed by atoms with Crippen LogP contribution in [-0.2, 0) is 36.1 Å². The average molecular weight is 476 g/mol. The number of benzene rings is 2. The third-order valence-electron chi connectivity index (χ3n) is 6.02. The number of hydrogen-bond donors (Lipinski definition) is 1. The van der Waals surface area contributed by atoms with Gasteiger partial charge in [-0.25, -0.2) is 9.59 Å². The van der Waals surface area contributed by atoms with Crippen LogP contribution in [0.2, 0.25) is 0 Å². The highest BCUT2D eigenvalue weighted by Crippen LogP contribution is 2.26. The minimum atomic E-state index is -0.395. The molecule has 0 radical (unpaired) electrons. The van der Waals surface area contributed by atoms with Crippen molar-refractivity contribution >= 4 is 29.3 Å². The molecule has 0 fully saturated rings. The molecule has 2 aromatic carbocycles. The molecule has 182 valence electrons. The summed E-state index contributed by atoms with van der Waals surface area (Å²) in [6.45, 7) is 4.87. The number of esters is 1. The van der Waals surface area contributed by atoms with Crippen molar-refractivity contribution in [1.29, 1.82) is 0 Å². The lowest BCUT2D eigenvalue weighted by atomic mass is 10.0. The molecule has 0 bridgehead atoms. The number of urea groups is 1. The summed E-state index contributed by atoms with van der Waals surface area (Å²) in [6, 6.07) is 15.9. The number of aromatic nitrogens is 2. The van der Waals surface area contributed by atoms with Gasteiger partial charge in [-0.05, 0) is 43.3 Å². The highest BCUT2D eigenvalue weighted by atomic mass is 16.5. The lowest BCUT2D eigenvalue weighted by Gasteiger charge is -2.28. The number of fused-ring (bicyclic) bond motifs is 1. The van der Waals surface area contributed by atoms with Gasteiger partial charge in [-0.2, -0.15) is 5.10 Å². The molecule has 1 aliphatic rings. The summed E-state index contributed by atoms with van der Waals surface area (Å²) < 4.78 is 6.84. The van der Waals surface area contributed by atoms with Crippen LogP contribution in [0.1, 0.15) is 41.2 Å². The van der Waals surface area contributed by atoms with Gasteiger partial charge in [-0.15, -0.1) is 0 Å². The number of carbonyl (C=O) groups is 3. The molecule has 0 aliphatic carbocycles. The molecule has 9 nitrogen and oxygen atoms in total. The maximum absolute atomic E-state index is 13.0. The van der Waals surface area contributed by atoms with Gasteiger partial charge in [0.15, 0.2) is 0 Å². The number of amides is 3. The molecule has 9 heteroatoms. The number of carbonyl (C=O) groups excluding carboxylic acids is 3. The van der Waals surface area contributed by atoms with Crippen LogP contribution in [0.15, 0.2) is 54.6 Å². The Hall–Kier alpha value is -4.14. The van der Waals surface area contributed by atoms with Crippen LogP contribution in [-0.4, -0.2) is 45.7 Å². The van der Waals surface area contributed by atoms with E-state index in [9.17, 15) is 14.4 Å². The molecule has 4 rings (SSSR count). The topological polar surface area (TPSA) is 96.8 Å². The maximum atomic E-state index is 13.0. The van der Waals surface area contributed by atoms with Gasteiger partial charge in [0.1, 0.15) is 0 Å². The van der Waals surface area contributed by atoms with Crippen LogP contribution in [0.25, 0.3) is 0 Å². The van der Waals surface area contributed by atoms with Gasteiger partial charge in [0.05, 0.1) is 31.0 Å². The molecule has 3 amide bonds. The Morgan fingerprint density at radius 1 is 1.09 bits per heavy atom. The van der Waals surface area contributed by atoms with Crippen LogP contribution in [0, 0.1) is 0 Å². The van der Waals surface area contributed by atoms with Gasteiger partial charge in [-0.3, -0.25) is 9.48 Å². The average Bonchev–Trinajstić information content (AvgIpc) is 3.18. The van der Waals surface area contributed by atoms with Crippen molar-refractivity contribution < 1.29 is 19.1 Å². The predicted molar refractivity (Wildman–Crippen MR) is 132 cm³/mol. The normalized spacial score (nSPS) is 12.6. The van der Waals surface area contributed by atoms with E-state index in [1.54, 1.807) is 41.0 Å². The quantitative estimate of drug-likeness (QED) is 0.548. The van der Waals surface area contributed by atoms with Crippen molar-refractivity contribution in [2.24, 2.45) is 7.05 Å². The number of para-hydroxylation sites is 1. The SMILES string of the molecule is CCOC(=O)c1ccc(NC(=O)N2CCc3c(c(CN(C(C)=O)c4ccccc4)nn3C)C2)cc1. The summed E-state index contributed by atoms with van der Waals surface area (Å²) in [5.74, 6) is -0.472. The van der Waals surface area contributed by atoms with Gasteiger partial charge in [0.2, 0.25) is 5.91 Å². The van der Waals surface area contributed by atoms with E-state index in [1.165, 1.54) is 6.92 Å². The molecule has 1 aliphatic heterocycles. The maximum Gasteiger partial charge on any atom is 0.338 e. The van der Waals surface area contributed by atoms with E-state index in [-0.39, 0.29) is 11.9 Å². The smallest absolute Gasteiger partial charge is 0.338 e. The zero-order valence-corrected chi connectivity index (χ0v) is 20.2. The third-order valence-corrected chi connectivity index (χ3v) is 6.02. The Morgan fingerprint density at radius 3 is 2.46 bits per heavy atom. The minimum Gasteiger partial charge on any atom is -0.462 e. The zero-order valence-electron chi connectivity index (χ0n) is 20.2. The molecule has 0 unspecified atom stereocenters. The second-order valence-electron chi connectivity index (χ2n) is 8.34. The molecular weight excluding hydrogens is 446 g/mol. The second kappa shape index (κ2) is 10.4. The van der Waals surface area contributed by atoms with Crippen LogP contribution in [0.3, 0.4) is 0 Å². The van der Waals surface area contributed by atoms with Crippen LogP contribution < -0.4 is 10.2 Å². The number of nitrogens with zero attached hydrogens (tertiary/aromatic N) is 4. The van der Waals surface area contributed by atoms with Crippen molar-refractivity contribution in [1.82, 2.24) is 14.7 Å². The summed E-state index contributed by atoms with van der Waals surface area (Å²) >= 11 is 0. The molecular formula is C26H29N5O4. The number of hydrogen-bond acceptors (Lipinski definition) is 5. The van der Waals surface area contributed by atoms with Crippen molar-refractivity contribution in [2.45, 2.75) is 33.4 Å². The number of rotatable bonds is 6. The van der Waals surface area contributed by atoms with Gasteiger partial charge in [-0.1, -0.05) is 18.2 Å². The number of anilines is 2. The van der Waals surface area contributed by atoms with E-state index < -0.39 is 5.97 Å². The molecule has 0 atom stereocenters. The van der Waals surface area contributed by atoms with Gasteiger partial charge in [0.25, 0.3) is 0 Å². The molecule has 1 aromatic heterocycles. The second-order valence-corrected chi connectivity index (χ2v) is 8.34. The van der Waals surface area contributed by atoms with Crippen molar-refractivity contribution in [2.75, 3.05) is 23.4 Å². The molecule has 0 saturated carbocycles. The Bertz CT molecular complexity index is 1220. The molecule has 35 heavy (non-hydrogen) atoms. The summed E-state index contributed by atoms with van der Waals surface area (Å²) in [6.07, 6.45) is 0.666. The van der Waals surface area contributed by atoms with Crippen LogP contribution in [0.4, 0.5) is 16.2 Å². The standard InChI is InChI=1S/C26H29N5O4/c1-4-35-25(33)19-10-12-20(13-11-19)27-26(34)30-15-14-24-22(16-30)23(28-29(24)3)17-31(18(2)32)21-8-6-5-7-9-21/h5-13H,4,14-17H2,1-3H3,(H,27,34). The van der Waals surface area contributed by atoms with Crippen LogP contribution >= 0.6 is 0 Å². The first-order chi connectivity index (χ1) is 16.9. The summed E-state index contributed by atoms with van der Waals surface area (Å²) in [5.41, 5.74) is 4.63. The Kier molecular flexibility index (Phi) is 7.14. The van der Waals surface area contributed by atoms with Crippen molar-refractivity contribution in [3.8, 4) is 0 Å². The van der Waals surface area contributed by atoms with Gasteiger partial charge >= 0.3 is 12.0 Å². The lowest BCUT2D eigenvalue weighted by molar-refractivity contribution is -0.116. The zero-order chi connectivity index (χ0) is 24.9. The van der Waals surface area contributed by atoms with E-state index >= 15 is 0 Å². The van der Waals surface area contributed by atoms with E-state index in [2.05, 4.69) is 10.4 Å². The fraction of sp³-hybridized carbons (Fsp3) is 0.308. The van der Waals surface area contributed by atoms with Gasteiger partial charge in [0, 0.05) is 49.6 Å². The van der Waals surface area contributed by atoms with Crippen molar-refractivity contribution in [3.63, 3.8) is 0 Å². The first kappa shape index (κ1) is 24.0. The summed E-state index contributed by atoms with van der Waals surface area (Å²) in [4.78, 5) is 40.6. The monoisotopic (exact) mass is 475 g/mol. The fourth-order valence-electron chi connectivity index (χ4n) is 4.22. The Morgan fingerprint density at radius 2 is 1.80 bits per heavy atom. The van der Waals surface area contributed by atoms with E-state index in [0.717, 1.165) is 22.6 Å². The largest absolute Gasteiger partial charge is 0.462 e. The lowest BCUT2D eigenvalue weighted by Crippen LogP contribution is -2.39. The first-order valence-electron chi connectivity index (χ1n) is 11.6. The first-order valence-corrected chi connectivity index (χ1v) is 11.6. The van der Waals surface area contributed by atoms with Gasteiger partial charge < -0.3 is 19.9 Å². The number of nitrogens with one attached hydrogen (secondary N) is 1. The van der Waals surface area contributed by atoms with Crippen molar-refractivity contribution in [3.05, 3.63) is 77.1 Å². The van der Waals surface area contributed by atoms with E-state index in [0.29, 0.717) is 43.9 Å². The van der Waals surface area contributed by atoms with E-state index in [4.69, 9.17) is 4.74 Å². The fourth-order valence-corrected chi connectivity index (χ4v) is 4.22. The minimum absolute atomic E-state index is 0.0766. The Balaban J connectivity index is 1.48. The molecule has 2 heterocycles. The summed E-state index contributed by atoms with van der Waals surface area (Å²) in [7, 11) is 1.89. The van der Waals surface area contributed by atoms with Crippen LogP contribution in [0.5, 0.6) is 0 Å². The highest BCUT2D eigenvalue weighted by Gasteiger charge is 2.28. The molecule has 1 N–H and O–H groups in total. The number of ether oxygens (including phenoxy) is 1. The highest BCUT2D eigenvalue weighted by molar-refractivity contribution is 5.93. The molecule has 0 spiro atoms. The number of aryl methyl sites for hydroxylation is 1. The van der Waals surface area contributed by atoms with E-state index in [1.807, 2.05) is 42.1 Å². The summed E-state index contributed by atoms with van der Waals surface area (Å²) in [5, 5.41) is 7.57. The predicted octanol–water partition coefficient (Wildman–Crippen LogP) is 3.74.